The summed E-state index contributed by atoms with van der Waals surface area (Å²) in [5, 5.41) is 0. The summed E-state index contributed by atoms with van der Waals surface area (Å²) in [5.41, 5.74) is 0. The van der Waals surface area contributed by atoms with Crippen LogP contribution in [0.3, 0.4) is 0 Å². The summed E-state index contributed by atoms with van der Waals surface area (Å²) in [6.45, 7) is 4.37. The van der Waals surface area contributed by atoms with Gasteiger partial charge >= 0.3 is 19.8 Å². The van der Waals surface area contributed by atoms with E-state index in [0.29, 0.717) is 17.4 Å². The van der Waals surface area contributed by atoms with Crippen molar-refractivity contribution in [2.24, 2.45) is 0 Å². The minimum Gasteiger partial charge on any atom is -0.462 e. The first kappa shape index (κ1) is 81.7. The highest BCUT2D eigenvalue weighted by molar-refractivity contribution is 7.47. The van der Waals surface area contributed by atoms with Gasteiger partial charge in [0.05, 0.1) is 27.7 Å². The summed E-state index contributed by atoms with van der Waals surface area (Å²) in [6, 6.07) is 0. The van der Waals surface area contributed by atoms with E-state index < -0.39 is 26.5 Å². The van der Waals surface area contributed by atoms with Crippen LogP contribution < -0.4 is 0 Å². The molecule has 0 aliphatic heterocycles. The molecule has 84 heavy (non-hydrogen) atoms. The van der Waals surface area contributed by atoms with Crippen molar-refractivity contribution in [3.05, 3.63) is 60.8 Å². The highest BCUT2D eigenvalue weighted by Crippen LogP contribution is 2.43. The zero-order valence-corrected chi connectivity index (χ0v) is 57.0. The van der Waals surface area contributed by atoms with Crippen LogP contribution in [0.15, 0.2) is 60.8 Å². The van der Waals surface area contributed by atoms with E-state index in [1.807, 2.05) is 21.1 Å². The fourth-order valence-electron chi connectivity index (χ4n) is 10.5. The number of hydrogen-bond acceptors (Lipinski definition) is 7. The molecule has 0 aromatic carbocycles. The normalized spacial score (nSPS) is 13.5. The molecular weight excluding hydrogens is 1060 g/mol. The monoisotopic (exact) mass is 1200 g/mol. The number of phosphoric acid groups is 1. The summed E-state index contributed by atoms with van der Waals surface area (Å²) >= 11 is 0. The number of carbonyl (C=O) groups is 2. The maximum atomic E-state index is 12.9. The molecule has 9 nitrogen and oxygen atoms in total. The van der Waals surface area contributed by atoms with E-state index in [-0.39, 0.29) is 32.0 Å². The molecule has 1 N–H and O–H groups in total. The second-order valence-corrected chi connectivity index (χ2v) is 27.0. The number of unbranched alkanes of at least 4 members (excludes halogenated alkanes) is 43. The smallest absolute Gasteiger partial charge is 0.462 e. The molecule has 0 aromatic heterocycles. The van der Waals surface area contributed by atoms with E-state index in [1.54, 1.807) is 0 Å². The molecule has 0 heterocycles. The van der Waals surface area contributed by atoms with Gasteiger partial charge in [-0.15, -0.1) is 0 Å². The van der Waals surface area contributed by atoms with Crippen LogP contribution in [0.5, 0.6) is 0 Å². The first-order valence-corrected chi connectivity index (χ1v) is 37.5. The van der Waals surface area contributed by atoms with E-state index in [0.717, 1.165) is 57.8 Å². The van der Waals surface area contributed by atoms with Gasteiger partial charge in [-0.2, -0.15) is 0 Å². The lowest BCUT2D eigenvalue weighted by atomic mass is 10.0. The number of hydrogen-bond donors (Lipinski definition) is 1. The third-order valence-corrected chi connectivity index (χ3v) is 17.0. The molecule has 0 rings (SSSR count). The number of nitrogens with zero attached hydrogens (tertiary/aromatic N) is 1. The number of carbonyl (C=O) groups excluding carboxylic acids is 2. The van der Waals surface area contributed by atoms with Gasteiger partial charge in [-0.1, -0.05) is 319 Å². The number of phosphoric ester groups is 1. The first-order valence-electron chi connectivity index (χ1n) is 36.0. The second kappa shape index (κ2) is 65.2. The van der Waals surface area contributed by atoms with E-state index in [9.17, 15) is 19.0 Å². The third kappa shape index (κ3) is 68.8. The lowest BCUT2D eigenvalue weighted by molar-refractivity contribution is -0.870. The maximum absolute atomic E-state index is 12.9. The Balaban J connectivity index is 3.88. The van der Waals surface area contributed by atoms with Gasteiger partial charge in [0.15, 0.2) is 6.10 Å². The number of ether oxygens (including phenoxy) is 2. The van der Waals surface area contributed by atoms with Crippen LogP contribution in [0.1, 0.15) is 348 Å². The van der Waals surface area contributed by atoms with Gasteiger partial charge in [0, 0.05) is 12.8 Å². The molecule has 0 spiro atoms. The maximum Gasteiger partial charge on any atom is 0.472 e. The van der Waals surface area contributed by atoms with Crippen LogP contribution in [0, 0.1) is 0 Å². The Hall–Kier alpha value is -2.29. The fourth-order valence-corrected chi connectivity index (χ4v) is 11.3. The molecule has 2 unspecified atom stereocenters. The number of likely N-dealkylation sites (N-methyl/N-ethyl adjacent to an activating group) is 1. The van der Waals surface area contributed by atoms with Gasteiger partial charge in [-0.3, -0.25) is 18.6 Å². The molecule has 0 bridgehead atoms. The van der Waals surface area contributed by atoms with Crippen molar-refractivity contribution >= 4 is 19.8 Å². The molecule has 0 amide bonds. The molecule has 0 radical (unpaired) electrons. The highest BCUT2D eigenvalue weighted by Gasteiger charge is 2.27. The number of quaternary nitrogens is 1. The average molecular weight is 1200 g/mol. The molecule has 0 aromatic rings. The number of allylic oxidation sites excluding steroid dienone is 10. The van der Waals surface area contributed by atoms with Crippen molar-refractivity contribution in [3.63, 3.8) is 0 Å². The first-order chi connectivity index (χ1) is 41.0. The Labute approximate surface area is 521 Å². The van der Waals surface area contributed by atoms with E-state index in [2.05, 4.69) is 74.6 Å². The zero-order chi connectivity index (χ0) is 61.2. The highest BCUT2D eigenvalue weighted by atomic mass is 31.2. The van der Waals surface area contributed by atoms with Crippen molar-refractivity contribution < 1.29 is 42.1 Å². The SMILES string of the molecule is CC/C=C\C/C=C\C/C=C\C/C=C\CCCCCCCCCCCCCCCCCCCCCCCCCCCCCCC(=O)OC(COC(=O)CCCCCCCCCCC/C=C\CCCCCCCC)COP(=O)(O)OCC[N+](C)(C)C. The molecule has 0 saturated heterocycles. The van der Waals surface area contributed by atoms with E-state index in [4.69, 9.17) is 18.5 Å². The van der Waals surface area contributed by atoms with Crippen molar-refractivity contribution in [1.29, 1.82) is 0 Å². The van der Waals surface area contributed by atoms with Crippen LogP contribution >= 0.6 is 7.82 Å². The Morgan fingerprint density at radius 1 is 0.381 bits per heavy atom. The quantitative estimate of drug-likeness (QED) is 0.0211. The molecule has 492 valence electrons. The Morgan fingerprint density at radius 3 is 1.02 bits per heavy atom. The molecule has 0 fully saturated rings. The fraction of sp³-hybridized carbons (Fsp3) is 0.838. The summed E-state index contributed by atoms with van der Waals surface area (Å²) < 4.78 is 34.7. The van der Waals surface area contributed by atoms with Crippen LogP contribution in [0.25, 0.3) is 0 Å². The topological polar surface area (TPSA) is 108 Å². The predicted molar refractivity (Wildman–Crippen MR) is 363 cm³/mol. The predicted octanol–water partition coefficient (Wildman–Crippen LogP) is 23.4. The lowest BCUT2D eigenvalue weighted by Crippen LogP contribution is -2.37. The van der Waals surface area contributed by atoms with Crippen molar-refractivity contribution in [3.8, 4) is 0 Å². The molecule has 2 atom stereocenters. The van der Waals surface area contributed by atoms with Crippen LogP contribution in [0.4, 0.5) is 0 Å². The average Bonchev–Trinajstić information content (AvgIpc) is 3.61. The number of rotatable bonds is 67. The van der Waals surface area contributed by atoms with Crippen LogP contribution in [0.2, 0.25) is 0 Å². The summed E-state index contributed by atoms with van der Waals surface area (Å²) in [6.07, 6.45) is 86.4. The standard InChI is InChI=1S/C74H138NO8P/c1-6-8-10-12-14-16-18-20-22-24-26-27-28-29-30-31-32-33-34-35-36-37-38-39-40-41-42-43-44-45-46-47-49-51-53-55-57-59-61-63-65-67-74(77)83-72(71-82-84(78,79)81-69-68-75(3,4)5)70-80-73(76)66-64-62-60-58-56-54-52-50-48-25-23-21-19-17-15-13-11-9-7-2/h8,10,14,16,20-23,26-27,72H,6-7,9,11-13,15,17-19,24-25,28-71H2,1-5H3/p+1/b10-8-,16-14-,22-20-,23-21-,27-26-. The van der Waals surface area contributed by atoms with Gasteiger partial charge in [-0.05, 0) is 77.0 Å². The second-order valence-electron chi connectivity index (χ2n) is 25.6. The largest absolute Gasteiger partial charge is 0.472 e. The summed E-state index contributed by atoms with van der Waals surface area (Å²) in [7, 11) is 1.49. The minimum absolute atomic E-state index is 0.0334. The van der Waals surface area contributed by atoms with E-state index >= 15 is 0 Å². The van der Waals surface area contributed by atoms with Crippen molar-refractivity contribution in [2.75, 3.05) is 47.5 Å². The van der Waals surface area contributed by atoms with Crippen molar-refractivity contribution in [2.45, 2.75) is 354 Å². The van der Waals surface area contributed by atoms with Gasteiger partial charge in [0.25, 0.3) is 0 Å². The van der Waals surface area contributed by atoms with E-state index in [1.165, 1.54) is 257 Å². The Kier molecular flexibility index (Phi) is 63.4. The van der Waals surface area contributed by atoms with Crippen LogP contribution in [-0.2, 0) is 32.7 Å². The summed E-state index contributed by atoms with van der Waals surface area (Å²) in [5.74, 6) is -0.782. The van der Waals surface area contributed by atoms with Gasteiger partial charge < -0.3 is 18.9 Å². The lowest BCUT2D eigenvalue weighted by Gasteiger charge is -2.24. The minimum atomic E-state index is -4.39. The molecule has 10 heteroatoms. The van der Waals surface area contributed by atoms with Crippen molar-refractivity contribution in [1.82, 2.24) is 0 Å². The molecule has 0 saturated carbocycles. The Morgan fingerprint density at radius 2 is 0.679 bits per heavy atom. The molecular formula is C74H139NO8P+. The van der Waals surface area contributed by atoms with Gasteiger partial charge in [-0.25, -0.2) is 4.57 Å². The summed E-state index contributed by atoms with van der Waals surface area (Å²) in [4.78, 5) is 35.8. The van der Waals surface area contributed by atoms with Crippen LogP contribution in [-0.4, -0.2) is 74.9 Å². The molecule has 0 aliphatic rings. The zero-order valence-electron chi connectivity index (χ0n) is 56.1. The Bertz CT molecular complexity index is 1600. The third-order valence-electron chi connectivity index (χ3n) is 16.0. The number of esters is 2. The molecule has 0 aliphatic carbocycles. The van der Waals surface area contributed by atoms with Gasteiger partial charge in [0.1, 0.15) is 19.8 Å². The van der Waals surface area contributed by atoms with Gasteiger partial charge in [0.2, 0.25) is 0 Å².